The lowest BCUT2D eigenvalue weighted by Gasteiger charge is -2.09. The Balaban J connectivity index is 2.61. The van der Waals surface area contributed by atoms with Crippen LogP contribution >= 0.6 is 0 Å². The molecule has 0 fully saturated rings. The van der Waals surface area contributed by atoms with Crippen molar-refractivity contribution in [2.75, 3.05) is 5.32 Å². The Hall–Kier alpha value is -2.29. The van der Waals surface area contributed by atoms with Crippen LogP contribution in [0.4, 0.5) is 5.69 Å². The molecule has 0 aromatic heterocycles. The number of hydrogen-bond donors (Lipinski definition) is 2. The molecule has 0 unspecified atom stereocenters. The van der Waals surface area contributed by atoms with Crippen molar-refractivity contribution < 1.29 is 9.90 Å². The maximum Gasteiger partial charge on any atom is 0.247 e. The van der Waals surface area contributed by atoms with E-state index in [2.05, 4.69) is 11.9 Å². The van der Waals surface area contributed by atoms with Gasteiger partial charge in [0, 0.05) is 5.39 Å². The van der Waals surface area contributed by atoms with Crippen LogP contribution in [0.1, 0.15) is 0 Å². The molecule has 2 aromatic carbocycles. The fraction of sp³-hybridized carbons (Fsp3) is 0. The van der Waals surface area contributed by atoms with Gasteiger partial charge in [-0.2, -0.15) is 0 Å². The number of fused-ring (bicyclic) bond motifs is 1. The molecule has 0 radical (unpaired) electrons. The number of phenolic OH excluding ortho intramolecular Hbond substituents is 1. The van der Waals surface area contributed by atoms with Gasteiger partial charge in [0.05, 0.1) is 5.69 Å². The first-order valence-corrected chi connectivity index (χ1v) is 4.86. The number of carbonyl (C=O) groups is 1. The minimum Gasteiger partial charge on any atom is -0.506 e. The minimum atomic E-state index is -0.341. The summed E-state index contributed by atoms with van der Waals surface area (Å²) in [6.45, 7) is 3.37. The highest BCUT2D eigenvalue weighted by Crippen LogP contribution is 2.32. The van der Waals surface area contributed by atoms with Crippen molar-refractivity contribution in [3.05, 3.63) is 49.1 Å². The number of phenols is 1. The Kier molecular flexibility index (Phi) is 2.60. The molecule has 0 saturated carbocycles. The highest BCUT2D eigenvalue weighted by atomic mass is 16.3. The van der Waals surface area contributed by atoms with E-state index in [0.717, 1.165) is 10.8 Å². The molecule has 0 spiro atoms. The highest BCUT2D eigenvalue weighted by molar-refractivity contribution is 6.07. The van der Waals surface area contributed by atoms with E-state index >= 15 is 0 Å². The second-order valence-electron chi connectivity index (χ2n) is 3.37. The van der Waals surface area contributed by atoms with E-state index in [1.54, 1.807) is 12.1 Å². The summed E-state index contributed by atoms with van der Waals surface area (Å²) in [4.78, 5) is 11.2. The molecule has 80 valence electrons. The van der Waals surface area contributed by atoms with Crippen molar-refractivity contribution in [3.8, 4) is 5.75 Å². The SMILES string of the molecule is C=CC(=O)Nc1c(O)ccc2ccccc12. The monoisotopic (exact) mass is 213 g/mol. The molecule has 0 heterocycles. The molecular formula is C13H11NO2. The van der Waals surface area contributed by atoms with E-state index in [1.807, 2.05) is 24.3 Å². The van der Waals surface area contributed by atoms with Crippen LogP contribution in [0.25, 0.3) is 10.8 Å². The van der Waals surface area contributed by atoms with Gasteiger partial charge in [-0.15, -0.1) is 0 Å². The summed E-state index contributed by atoms with van der Waals surface area (Å²) >= 11 is 0. The fourth-order valence-electron chi connectivity index (χ4n) is 1.57. The zero-order chi connectivity index (χ0) is 11.5. The van der Waals surface area contributed by atoms with Crippen LogP contribution in [0.3, 0.4) is 0 Å². The minimum absolute atomic E-state index is 0.0499. The Morgan fingerprint density at radius 2 is 2.00 bits per heavy atom. The number of nitrogens with one attached hydrogen (secondary N) is 1. The molecule has 2 aromatic rings. The Morgan fingerprint density at radius 1 is 1.25 bits per heavy atom. The molecule has 0 aliphatic heterocycles. The summed E-state index contributed by atoms with van der Waals surface area (Å²) in [5.74, 6) is -0.291. The number of carbonyl (C=O) groups excluding carboxylic acids is 1. The highest BCUT2D eigenvalue weighted by Gasteiger charge is 2.07. The molecule has 2 rings (SSSR count). The number of amides is 1. The van der Waals surface area contributed by atoms with Gasteiger partial charge < -0.3 is 10.4 Å². The molecule has 0 atom stereocenters. The van der Waals surface area contributed by atoms with Crippen molar-refractivity contribution in [1.82, 2.24) is 0 Å². The predicted octanol–water partition coefficient (Wildman–Crippen LogP) is 2.67. The van der Waals surface area contributed by atoms with Crippen LogP contribution < -0.4 is 5.32 Å². The second-order valence-corrected chi connectivity index (χ2v) is 3.37. The van der Waals surface area contributed by atoms with E-state index in [1.165, 1.54) is 6.08 Å². The van der Waals surface area contributed by atoms with E-state index in [4.69, 9.17) is 0 Å². The molecular weight excluding hydrogens is 202 g/mol. The first-order chi connectivity index (χ1) is 7.72. The van der Waals surface area contributed by atoms with Crippen LogP contribution in [0.2, 0.25) is 0 Å². The average molecular weight is 213 g/mol. The average Bonchev–Trinajstić information content (AvgIpc) is 2.32. The van der Waals surface area contributed by atoms with Crippen molar-refractivity contribution in [2.45, 2.75) is 0 Å². The smallest absolute Gasteiger partial charge is 0.247 e. The maximum absolute atomic E-state index is 11.2. The lowest BCUT2D eigenvalue weighted by atomic mass is 10.1. The van der Waals surface area contributed by atoms with Gasteiger partial charge in [-0.3, -0.25) is 4.79 Å². The van der Waals surface area contributed by atoms with Gasteiger partial charge in [-0.25, -0.2) is 0 Å². The van der Waals surface area contributed by atoms with Crippen LogP contribution in [-0.2, 0) is 4.79 Å². The van der Waals surface area contributed by atoms with E-state index in [9.17, 15) is 9.90 Å². The second kappa shape index (κ2) is 4.06. The quantitative estimate of drug-likeness (QED) is 0.595. The van der Waals surface area contributed by atoms with Gasteiger partial charge in [-0.1, -0.05) is 36.9 Å². The Morgan fingerprint density at radius 3 is 2.75 bits per heavy atom. The van der Waals surface area contributed by atoms with Gasteiger partial charge >= 0.3 is 0 Å². The molecule has 1 amide bonds. The van der Waals surface area contributed by atoms with Crippen LogP contribution in [0.5, 0.6) is 5.75 Å². The summed E-state index contributed by atoms with van der Waals surface area (Å²) < 4.78 is 0. The van der Waals surface area contributed by atoms with Gasteiger partial charge in [0.1, 0.15) is 5.75 Å². The third-order valence-electron chi connectivity index (χ3n) is 2.34. The van der Waals surface area contributed by atoms with Crippen LogP contribution in [-0.4, -0.2) is 11.0 Å². The van der Waals surface area contributed by atoms with Crippen molar-refractivity contribution in [2.24, 2.45) is 0 Å². The van der Waals surface area contributed by atoms with Gasteiger partial charge in [-0.05, 0) is 17.5 Å². The van der Waals surface area contributed by atoms with Crippen molar-refractivity contribution in [3.63, 3.8) is 0 Å². The van der Waals surface area contributed by atoms with E-state index < -0.39 is 0 Å². The summed E-state index contributed by atoms with van der Waals surface area (Å²) in [5.41, 5.74) is 0.419. The van der Waals surface area contributed by atoms with E-state index in [-0.39, 0.29) is 11.7 Å². The first-order valence-electron chi connectivity index (χ1n) is 4.86. The predicted molar refractivity (Wildman–Crippen MR) is 64.4 cm³/mol. The first kappa shape index (κ1) is 10.2. The Labute approximate surface area is 93.0 Å². The third-order valence-corrected chi connectivity index (χ3v) is 2.34. The van der Waals surface area contributed by atoms with Crippen molar-refractivity contribution in [1.29, 1.82) is 0 Å². The van der Waals surface area contributed by atoms with Gasteiger partial charge in [0.15, 0.2) is 0 Å². The summed E-state index contributed by atoms with van der Waals surface area (Å²) in [7, 11) is 0. The standard InChI is InChI=1S/C13H11NO2/c1-2-12(16)14-13-10-6-4-3-5-9(10)7-8-11(13)15/h2-8,15H,1H2,(H,14,16). The number of aromatic hydroxyl groups is 1. The summed E-state index contributed by atoms with van der Waals surface area (Å²) in [6, 6.07) is 10.9. The van der Waals surface area contributed by atoms with E-state index in [0.29, 0.717) is 5.69 Å². The largest absolute Gasteiger partial charge is 0.506 e. The number of hydrogen-bond acceptors (Lipinski definition) is 2. The maximum atomic E-state index is 11.2. The summed E-state index contributed by atoms with van der Waals surface area (Å²) in [6.07, 6.45) is 1.17. The Bertz CT molecular complexity index is 561. The lowest BCUT2D eigenvalue weighted by Crippen LogP contribution is -2.07. The molecule has 0 aliphatic carbocycles. The topological polar surface area (TPSA) is 49.3 Å². The third kappa shape index (κ3) is 1.75. The zero-order valence-electron chi connectivity index (χ0n) is 8.60. The summed E-state index contributed by atoms with van der Waals surface area (Å²) in [5, 5.41) is 14.1. The molecule has 0 aliphatic rings. The normalized spacial score (nSPS) is 10.0. The van der Waals surface area contributed by atoms with Crippen molar-refractivity contribution >= 4 is 22.4 Å². The van der Waals surface area contributed by atoms with Gasteiger partial charge in [0.25, 0.3) is 0 Å². The molecule has 3 nitrogen and oxygen atoms in total. The van der Waals surface area contributed by atoms with Gasteiger partial charge in [0.2, 0.25) is 5.91 Å². The lowest BCUT2D eigenvalue weighted by molar-refractivity contribution is -0.111. The number of rotatable bonds is 2. The molecule has 3 heteroatoms. The zero-order valence-corrected chi connectivity index (χ0v) is 8.60. The van der Waals surface area contributed by atoms with Crippen LogP contribution in [0.15, 0.2) is 49.1 Å². The number of anilines is 1. The van der Waals surface area contributed by atoms with Crippen LogP contribution in [0, 0.1) is 0 Å². The molecule has 0 bridgehead atoms. The molecule has 2 N–H and O–H groups in total. The number of benzene rings is 2. The molecule has 16 heavy (non-hydrogen) atoms. The fourth-order valence-corrected chi connectivity index (χ4v) is 1.57. The molecule has 0 saturated heterocycles.